The summed E-state index contributed by atoms with van der Waals surface area (Å²) in [5.41, 5.74) is 2.23. The van der Waals surface area contributed by atoms with Gasteiger partial charge in [0.2, 0.25) is 0 Å². The minimum absolute atomic E-state index is 0.0121. The lowest BCUT2D eigenvalue weighted by atomic mass is 10.2. The van der Waals surface area contributed by atoms with Gasteiger partial charge < -0.3 is 10.1 Å². The monoisotopic (exact) mass is 438 g/mol. The van der Waals surface area contributed by atoms with Gasteiger partial charge in [0.05, 0.1) is 16.7 Å². The predicted molar refractivity (Wildman–Crippen MR) is 123 cm³/mol. The van der Waals surface area contributed by atoms with Gasteiger partial charge >= 0.3 is 0 Å². The highest BCUT2D eigenvalue weighted by molar-refractivity contribution is 7.92. The number of hydrogen-bond acceptors (Lipinski definition) is 4. The van der Waals surface area contributed by atoms with Crippen LogP contribution in [-0.2, 0) is 10.0 Å². The van der Waals surface area contributed by atoms with E-state index in [1.54, 1.807) is 42.5 Å². The summed E-state index contributed by atoms with van der Waals surface area (Å²) in [4.78, 5) is 12.8. The molecule has 0 aliphatic carbocycles. The van der Waals surface area contributed by atoms with E-state index in [9.17, 15) is 13.2 Å². The van der Waals surface area contributed by atoms with E-state index < -0.39 is 15.9 Å². The van der Waals surface area contributed by atoms with Gasteiger partial charge in [-0.2, -0.15) is 0 Å². The fourth-order valence-corrected chi connectivity index (χ4v) is 4.43. The average Bonchev–Trinajstić information content (AvgIpc) is 2.73. The molecule has 7 heteroatoms. The van der Waals surface area contributed by atoms with Crippen LogP contribution < -0.4 is 14.4 Å². The van der Waals surface area contributed by atoms with Gasteiger partial charge in [0.1, 0.15) is 5.75 Å². The summed E-state index contributed by atoms with van der Waals surface area (Å²) in [5.74, 6) is 0.237. The maximum atomic E-state index is 13.1. The molecular formula is C24H26N2O4S. The van der Waals surface area contributed by atoms with E-state index in [4.69, 9.17) is 4.74 Å². The normalized spacial score (nSPS) is 11.3. The molecule has 0 unspecified atom stereocenters. The van der Waals surface area contributed by atoms with Crippen LogP contribution in [0.25, 0.3) is 0 Å². The number of hydrogen-bond donors (Lipinski definition) is 1. The van der Waals surface area contributed by atoms with Crippen LogP contribution in [0.4, 0.5) is 11.4 Å². The van der Waals surface area contributed by atoms with E-state index in [2.05, 4.69) is 5.32 Å². The highest BCUT2D eigenvalue weighted by Gasteiger charge is 2.23. The predicted octanol–water partition coefficient (Wildman–Crippen LogP) is 4.86. The van der Waals surface area contributed by atoms with E-state index in [1.165, 1.54) is 23.5 Å². The van der Waals surface area contributed by atoms with Crippen molar-refractivity contribution in [3.63, 3.8) is 0 Å². The van der Waals surface area contributed by atoms with Gasteiger partial charge in [-0.25, -0.2) is 8.42 Å². The number of anilines is 2. The molecule has 0 radical (unpaired) electrons. The third-order valence-corrected chi connectivity index (χ3v) is 6.44. The second-order valence-corrected chi connectivity index (χ2v) is 9.40. The second-order valence-electron chi connectivity index (χ2n) is 7.44. The Bertz CT molecular complexity index is 1190. The van der Waals surface area contributed by atoms with E-state index in [1.807, 2.05) is 39.0 Å². The molecule has 0 atom stereocenters. The van der Waals surface area contributed by atoms with Crippen LogP contribution in [0.15, 0.2) is 77.7 Å². The zero-order valence-corrected chi connectivity index (χ0v) is 18.8. The Hall–Kier alpha value is -3.32. The van der Waals surface area contributed by atoms with Gasteiger partial charge in [-0.3, -0.25) is 9.10 Å². The molecule has 0 aromatic heterocycles. The molecule has 31 heavy (non-hydrogen) atoms. The Morgan fingerprint density at radius 1 is 0.968 bits per heavy atom. The molecule has 1 amide bonds. The number of carbonyl (C=O) groups is 1. The molecule has 0 bridgehead atoms. The SMILES string of the molecule is Cc1ccccc1N(C)S(=O)(=O)c1cccc(C(=O)Nc2cccc(OC(C)C)c2)c1. The highest BCUT2D eigenvalue weighted by Crippen LogP contribution is 2.26. The Kier molecular flexibility index (Phi) is 6.65. The fraction of sp³-hybridized carbons (Fsp3) is 0.208. The highest BCUT2D eigenvalue weighted by atomic mass is 32.2. The summed E-state index contributed by atoms with van der Waals surface area (Å²) < 4.78 is 33.2. The van der Waals surface area contributed by atoms with Gasteiger partial charge in [0, 0.05) is 24.4 Å². The molecule has 3 aromatic rings. The number of rotatable bonds is 7. The number of carbonyl (C=O) groups excluding carboxylic acids is 1. The number of sulfonamides is 1. The first kappa shape index (κ1) is 22.4. The van der Waals surface area contributed by atoms with Crippen LogP contribution in [0.2, 0.25) is 0 Å². The third kappa shape index (κ3) is 5.24. The number of ether oxygens (including phenoxy) is 1. The van der Waals surface area contributed by atoms with Crippen molar-refractivity contribution in [2.45, 2.75) is 31.8 Å². The number of amides is 1. The number of para-hydroxylation sites is 1. The summed E-state index contributed by atoms with van der Waals surface area (Å²) in [6.07, 6.45) is 0.0121. The lowest BCUT2D eigenvalue weighted by molar-refractivity contribution is 0.102. The second kappa shape index (κ2) is 9.22. The molecule has 3 aromatic carbocycles. The van der Waals surface area contributed by atoms with Crippen molar-refractivity contribution in [3.8, 4) is 5.75 Å². The Morgan fingerprint density at radius 2 is 1.68 bits per heavy atom. The number of nitrogens with zero attached hydrogens (tertiary/aromatic N) is 1. The molecule has 0 spiro atoms. The Balaban J connectivity index is 1.84. The molecule has 1 N–H and O–H groups in total. The molecule has 162 valence electrons. The minimum atomic E-state index is -3.83. The summed E-state index contributed by atoms with van der Waals surface area (Å²) in [6.45, 7) is 5.69. The zero-order valence-electron chi connectivity index (χ0n) is 18.0. The van der Waals surface area contributed by atoms with E-state index in [-0.39, 0.29) is 16.6 Å². The van der Waals surface area contributed by atoms with Gasteiger partial charge in [0.25, 0.3) is 15.9 Å². The molecule has 0 fully saturated rings. The summed E-state index contributed by atoms with van der Waals surface area (Å²) >= 11 is 0. The Morgan fingerprint density at radius 3 is 2.39 bits per heavy atom. The van der Waals surface area contributed by atoms with E-state index in [0.717, 1.165) is 5.56 Å². The van der Waals surface area contributed by atoms with Crippen LogP contribution in [0.5, 0.6) is 5.75 Å². The third-order valence-electron chi connectivity index (χ3n) is 4.67. The minimum Gasteiger partial charge on any atom is -0.491 e. The van der Waals surface area contributed by atoms with Gasteiger partial charge in [-0.05, 0) is 62.7 Å². The molecular weight excluding hydrogens is 412 g/mol. The van der Waals surface area contributed by atoms with E-state index in [0.29, 0.717) is 17.1 Å². The van der Waals surface area contributed by atoms with Crippen molar-refractivity contribution < 1.29 is 17.9 Å². The van der Waals surface area contributed by atoms with Crippen molar-refractivity contribution in [1.29, 1.82) is 0 Å². The van der Waals surface area contributed by atoms with Crippen LogP contribution in [0, 0.1) is 6.92 Å². The topological polar surface area (TPSA) is 75.7 Å². The van der Waals surface area contributed by atoms with E-state index >= 15 is 0 Å². The first-order valence-electron chi connectivity index (χ1n) is 9.91. The number of benzene rings is 3. The molecule has 3 rings (SSSR count). The first-order valence-corrected chi connectivity index (χ1v) is 11.3. The summed E-state index contributed by atoms with van der Waals surface area (Å²) in [6, 6.07) is 20.3. The van der Waals surface area contributed by atoms with Crippen LogP contribution in [0.3, 0.4) is 0 Å². The number of aryl methyl sites for hydroxylation is 1. The zero-order chi connectivity index (χ0) is 22.6. The molecule has 6 nitrogen and oxygen atoms in total. The summed E-state index contributed by atoms with van der Waals surface area (Å²) in [5, 5.41) is 2.79. The van der Waals surface area contributed by atoms with Crippen LogP contribution >= 0.6 is 0 Å². The van der Waals surface area contributed by atoms with Gasteiger partial charge in [0.15, 0.2) is 0 Å². The average molecular weight is 439 g/mol. The first-order chi connectivity index (χ1) is 14.7. The van der Waals surface area contributed by atoms with Crippen LogP contribution in [0.1, 0.15) is 29.8 Å². The smallest absolute Gasteiger partial charge is 0.264 e. The maximum Gasteiger partial charge on any atom is 0.264 e. The van der Waals surface area contributed by atoms with Crippen molar-refractivity contribution in [2.24, 2.45) is 0 Å². The largest absolute Gasteiger partial charge is 0.491 e. The molecule has 0 aliphatic heterocycles. The fourth-order valence-electron chi connectivity index (χ4n) is 3.12. The molecule has 0 heterocycles. The lowest BCUT2D eigenvalue weighted by Gasteiger charge is -2.21. The molecule has 0 saturated carbocycles. The lowest BCUT2D eigenvalue weighted by Crippen LogP contribution is -2.27. The van der Waals surface area contributed by atoms with Crippen molar-refractivity contribution in [1.82, 2.24) is 0 Å². The van der Waals surface area contributed by atoms with Crippen molar-refractivity contribution in [3.05, 3.63) is 83.9 Å². The number of nitrogens with one attached hydrogen (secondary N) is 1. The maximum absolute atomic E-state index is 13.1. The van der Waals surface area contributed by atoms with Crippen molar-refractivity contribution in [2.75, 3.05) is 16.7 Å². The van der Waals surface area contributed by atoms with Gasteiger partial charge in [-0.1, -0.05) is 30.3 Å². The quantitative estimate of drug-likeness (QED) is 0.572. The Labute approximate surface area is 183 Å². The van der Waals surface area contributed by atoms with Gasteiger partial charge in [-0.15, -0.1) is 0 Å². The summed E-state index contributed by atoms with van der Waals surface area (Å²) in [7, 11) is -2.33. The van der Waals surface area contributed by atoms with Crippen LogP contribution in [-0.4, -0.2) is 27.5 Å². The molecule has 0 saturated heterocycles. The molecule has 0 aliphatic rings. The van der Waals surface area contributed by atoms with Crippen molar-refractivity contribution >= 4 is 27.3 Å². The standard InChI is InChI=1S/C24H26N2O4S/c1-17(2)30-21-12-8-11-20(16-21)25-24(27)19-10-7-13-22(15-19)31(28,29)26(4)23-14-6-5-9-18(23)3/h5-17H,1-4H3,(H,25,27).